The molecule has 0 saturated carbocycles. The van der Waals surface area contributed by atoms with E-state index in [9.17, 15) is 14.7 Å². The van der Waals surface area contributed by atoms with Gasteiger partial charge in [0.15, 0.2) is 5.78 Å². The van der Waals surface area contributed by atoms with Gasteiger partial charge in [0.05, 0.1) is 18.6 Å². The van der Waals surface area contributed by atoms with Gasteiger partial charge in [0.25, 0.3) is 0 Å². The van der Waals surface area contributed by atoms with Gasteiger partial charge >= 0.3 is 5.97 Å². The molecule has 5 heteroatoms. The summed E-state index contributed by atoms with van der Waals surface area (Å²) < 4.78 is 5.07. The van der Waals surface area contributed by atoms with E-state index in [2.05, 4.69) is 6.58 Å². The van der Waals surface area contributed by atoms with Gasteiger partial charge in [-0.05, 0) is 26.3 Å². The minimum absolute atomic E-state index is 0.0136. The van der Waals surface area contributed by atoms with E-state index in [1.165, 1.54) is 20.8 Å². The maximum atomic E-state index is 12.0. The molecule has 0 amide bonds. The van der Waals surface area contributed by atoms with Crippen molar-refractivity contribution in [2.24, 2.45) is 10.8 Å². The third-order valence-corrected chi connectivity index (χ3v) is 2.90. The number of ether oxygens (including phenoxy) is 1. The van der Waals surface area contributed by atoms with Gasteiger partial charge in [-0.1, -0.05) is 20.4 Å². The summed E-state index contributed by atoms with van der Waals surface area (Å²) in [5.41, 5.74) is -1.74. The lowest BCUT2D eigenvalue weighted by Crippen LogP contribution is -2.44. The molecule has 0 aliphatic heterocycles. The summed E-state index contributed by atoms with van der Waals surface area (Å²) in [6.07, 6.45) is -1.49. The lowest BCUT2D eigenvalue weighted by molar-refractivity contribution is -0.166. The van der Waals surface area contributed by atoms with Crippen LogP contribution >= 0.6 is 0 Å². The molecule has 0 spiro atoms. The summed E-state index contributed by atoms with van der Waals surface area (Å²) in [6, 6.07) is 0. The average Bonchev–Trinajstić information content (AvgIpc) is 2.33. The van der Waals surface area contributed by atoms with Crippen LogP contribution in [0.25, 0.3) is 0 Å². The standard InChI is InChI=1S/C14H24O5/c1-9(2)10(16)11(17)14(5,6)12(18)19-8-13(3,4)7-15/h11,15,17H,1,7-8H2,2-6H3. The maximum absolute atomic E-state index is 12.0. The summed E-state index contributed by atoms with van der Waals surface area (Å²) in [7, 11) is 0. The first-order valence-corrected chi connectivity index (χ1v) is 6.11. The molecule has 5 nitrogen and oxygen atoms in total. The van der Waals surface area contributed by atoms with E-state index < -0.39 is 28.7 Å². The Morgan fingerprint density at radius 1 is 1.26 bits per heavy atom. The molecular weight excluding hydrogens is 248 g/mol. The van der Waals surface area contributed by atoms with Crippen molar-refractivity contribution in [3.63, 3.8) is 0 Å². The summed E-state index contributed by atoms with van der Waals surface area (Å²) >= 11 is 0. The molecule has 0 aliphatic carbocycles. The van der Waals surface area contributed by atoms with E-state index in [-0.39, 0.29) is 18.8 Å². The molecule has 110 valence electrons. The Morgan fingerprint density at radius 2 is 1.74 bits per heavy atom. The molecule has 1 unspecified atom stereocenters. The van der Waals surface area contributed by atoms with E-state index in [4.69, 9.17) is 9.84 Å². The Hall–Kier alpha value is -1.20. The number of carbonyl (C=O) groups excluding carboxylic acids is 2. The van der Waals surface area contributed by atoms with Crippen LogP contribution in [0.5, 0.6) is 0 Å². The van der Waals surface area contributed by atoms with Crippen LogP contribution in [0.1, 0.15) is 34.6 Å². The monoisotopic (exact) mass is 272 g/mol. The van der Waals surface area contributed by atoms with Gasteiger partial charge in [-0.25, -0.2) is 0 Å². The zero-order valence-corrected chi connectivity index (χ0v) is 12.3. The molecule has 0 radical (unpaired) electrons. The number of esters is 1. The lowest BCUT2D eigenvalue weighted by Gasteiger charge is -2.29. The van der Waals surface area contributed by atoms with Crippen LogP contribution in [0.4, 0.5) is 0 Å². The van der Waals surface area contributed by atoms with Crippen molar-refractivity contribution in [3.05, 3.63) is 12.2 Å². The van der Waals surface area contributed by atoms with Gasteiger partial charge in [0.2, 0.25) is 0 Å². The molecule has 0 aromatic rings. The second-order valence-corrected chi connectivity index (χ2v) is 6.17. The summed E-state index contributed by atoms with van der Waals surface area (Å²) in [5, 5.41) is 19.0. The zero-order valence-electron chi connectivity index (χ0n) is 12.3. The number of aliphatic hydroxyl groups is 2. The van der Waals surface area contributed by atoms with Gasteiger partial charge in [0, 0.05) is 5.41 Å². The molecule has 0 aromatic heterocycles. The largest absolute Gasteiger partial charge is 0.465 e. The predicted octanol–water partition coefficient (Wildman–Crippen LogP) is 1.08. The molecular formula is C14H24O5. The van der Waals surface area contributed by atoms with Crippen LogP contribution in [0.2, 0.25) is 0 Å². The zero-order chi connectivity index (χ0) is 15.4. The third kappa shape index (κ3) is 4.76. The number of hydrogen-bond donors (Lipinski definition) is 2. The van der Waals surface area contributed by atoms with Crippen molar-refractivity contribution in [2.75, 3.05) is 13.2 Å². The van der Waals surface area contributed by atoms with Gasteiger partial charge in [-0.2, -0.15) is 0 Å². The lowest BCUT2D eigenvalue weighted by atomic mass is 9.82. The molecule has 0 saturated heterocycles. The minimum atomic E-state index is -1.49. The molecule has 0 rings (SSSR count). The molecule has 0 fully saturated rings. The fraction of sp³-hybridized carbons (Fsp3) is 0.714. The van der Waals surface area contributed by atoms with Crippen molar-refractivity contribution in [1.82, 2.24) is 0 Å². The first kappa shape index (κ1) is 17.8. The smallest absolute Gasteiger partial charge is 0.314 e. The highest BCUT2D eigenvalue weighted by Crippen LogP contribution is 2.26. The van der Waals surface area contributed by atoms with Crippen molar-refractivity contribution in [2.45, 2.75) is 40.7 Å². The van der Waals surface area contributed by atoms with Gasteiger partial charge in [-0.15, -0.1) is 0 Å². The highest BCUT2D eigenvalue weighted by Gasteiger charge is 2.42. The van der Waals surface area contributed by atoms with Crippen LogP contribution in [-0.4, -0.2) is 41.3 Å². The first-order chi connectivity index (χ1) is 8.45. The Labute approximate surface area is 114 Å². The van der Waals surface area contributed by atoms with Gasteiger partial charge in [-0.3, -0.25) is 9.59 Å². The number of ketones is 1. The average molecular weight is 272 g/mol. The number of aliphatic hydroxyl groups excluding tert-OH is 2. The SMILES string of the molecule is C=C(C)C(=O)C(O)C(C)(C)C(=O)OCC(C)(C)CO. The number of Topliss-reactive ketones (excluding diaryl/α,β-unsaturated/α-hetero) is 1. The minimum Gasteiger partial charge on any atom is -0.465 e. The molecule has 0 aromatic carbocycles. The van der Waals surface area contributed by atoms with Crippen LogP contribution in [0, 0.1) is 10.8 Å². The Bertz CT molecular complexity index is 368. The van der Waals surface area contributed by atoms with E-state index in [1.807, 2.05) is 0 Å². The van der Waals surface area contributed by atoms with Crippen LogP contribution in [0.3, 0.4) is 0 Å². The highest BCUT2D eigenvalue weighted by atomic mass is 16.5. The number of hydrogen-bond acceptors (Lipinski definition) is 5. The Morgan fingerprint density at radius 3 is 2.11 bits per heavy atom. The molecule has 2 N–H and O–H groups in total. The second-order valence-electron chi connectivity index (χ2n) is 6.17. The molecule has 0 aliphatic rings. The Kier molecular flexibility index (Phi) is 5.90. The van der Waals surface area contributed by atoms with Crippen molar-refractivity contribution in [3.8, 4) is 0 Å². The summed E-state index contributed by atoms with van der Waals surface area (Å²) in [4.78, 5) is 23.6. The van der Waals surface area contributed by atoms with E-state index in [0.29, 0.717) is 0 Å². The normalized spacial score (nSPS) is 13.8. The van der Waals surface area contributed by atoms with E-state index >= 15 is 0 Å². The molecule has 0 heterocycles. The maximum Gasteiger partial charge on any atom is 0.314 e. The number of rotatable bonds is 7. The van der Waals surface area contributed by atoms with Gasteiger partial charge < -0.3 is 14.9 Å². The van der Waals surface area contributed by atoms with Crippen molar-refractivity contribution < 1.29 is 24.5 Å². The van der Waals surface area contributed by atoms with E-state index in [1.54, 1.807) is 13.8 Å². The summed E-state index contributed by atoms with van der Waals surface area (Å²) in [6.45, 7) is 11.2. The third-order valence-electron chi connectivity index (χ3n) is 2.90. The topological polar surface area (TPSA) is 83.8 Å². The van der Waals surface area contributed by atoms with Crippen LogP contribution in [0.15, 0.2) is 12.2 Å². The van der Waals surface area contributed by atoms with Gasteiger partial charge in [0.1, 0.15) is 6.10 Å². The fourth-order valence-corrected chi connectivity index (χ4v) is 1.17. The fourth-order valence-electron chi connectivity index (χ4n) is 1.17. The summed E-state index contributed by atoms with van der Waals surface area (Å²) in [5.74, 6) is -1.26. The van der Waals surface area contributed by atoms with Crippen molar-refractivity contribution >= 4 is 11.8 Å². The second kappa shape index (κ2) is 6.30. The number of carbonyl (C=O) groups is 2. The molecule has 1 atom stereocenters. The highest BCUT2D eigenvalue weighted by molar-refractivity contribution is 6.01. The van der Waals surface area contributed by atoms with E-state index in [0.717, 1.165) is 0 Å². The first-order valence-electron chi connectivity index (χ1n) is 6.11. The molecule has 19 heavy (non-hydrogen) atoms. The Balaban J connectivity index is 4.78. The predicted molar refractivity (Wildman–Crippen MR) is 71.4 cm³/mol. The molecule has 0 bridgehead atoms. The van der Waals surface area contributed by atoms with Crippen LogP contribution < -0.4 is 0 Å². The quantitative estimate of drug-likeness (QED) is 0.535. The van der Waals surface area contributed by atoms with Crippen molar-refractivity contribution in [1.29, 1.82) is 0 Å². The van der Waals surface area contributed by atoms with Crippen LogP contribution in [-0.2, 0) is 14.3 Å².